The summed E-state index contributed by atoms with van der Waals surface area (Å²) in [5.41, 5.74) is 0. The van der Waals surface area contributed by atoms with Gasteiger partial charge in [0.05, 0.1) is 0 Å². The summed E-state index contributed by atoms with van der Waals surface area (Å²) in [6.07, 6.45) is 56.7. The van der Waals surface area contributed by atoms with Crippen LogP contribution in [0.1, 0.15) is 285 Å². The molecule has 54 heavy (non-hydrogen) atoms. The summed E-state index contributed by atoms with van der Waals surface area (Å²) in [6.45, 7) is 9.29. The third-order valence-electron chi connectivity index (χ3n) is 12.0. The fraction of sp³-hybridized carbons (Fsp3) is 0.980. The summed E-state index contributed by atoms with van der Waals surface area (Å²) >= 11 is 0.244. The summed E-state index contributed by atoms with van der Waals surface area (Å²) in [7, 11) is 0. The van der Waals surface area contributed by atoms with Crippen LogP contribution >= 0.6 is 12.2 Å². The van der Waals surface area contributed by atoms with Crippen LogP contribution in [0.25, 0.3) is 0 Å². The molecule has 1 radical (unpaired) electrons. The Balaban J connectivity index is 5.22. The molecule has 0 aromatic rings. The van der Waals surface area contributed by atoms with Crippen LogP contribution in [0.4, 0.5) is 0 Å². The molecule has 0 rings (SSSR count). The van der Waals surface area contributed by atoms with E-state index in [1.807, 2.05) is 0 Å². The predicted molar refractivity (Wildman–Crippen MR) is 254 cm³/mol. The van der Waals surface area contributed by atoms with Gasteiger partial charge in [0.25, 0.3) is 0 Å². The molecule has 2 nitrogen and oxygen atoms in total. The van der Waals surface area contributed by atoms with Gasteiger partial charge in [-0.25, -0.2) is 0 Å². The van der Waals surface area contributed by atoms with Gasteiger partial charge in [-0.1, -0.05) is 0 Å². The van der Waals surface area contributed by atoms with E-state index in [9.17, 15) is 0 Å². The molecular formula is C49H100NOSSn2. The van der Waals surface area contributed by atoms with Gasteiger partial charge in [0.1, 0.15) is 0 Å². The van der Waals surface area contributed by atoms with Gasteiger partial charge in [0, 0.05) is 0 Å². The topological polar surface area (TPSA) is 21.6 Å². The van der Waals surface area contributed by atoms with Gasteiger partial charge in [0.2, 0.25) is 0 Å². The number of isothiocyanates is 1. The first-order valence-corrected chi connectivity index (χ1v) is 37.4. The Labute approximate surface area is 360 Å². The molecule has 0 unspecified atom stereocenters. The van der Waals surface area contributed by atoms with Crippen LogP contribution in [0.3, 0.4) is 0 Å². The summed E-state index contributed by atoms with van der Waals surface area (Å²) in [5, 5.41) is 3.01. The number of hydrogen-bond donors (Lipinski definition) is 0. The van der Waals surface area contributed by atoms with E-state index in [-0.39, 0.29) is 0 Å². The Hall–Kier alpha value is 1.36. The third kappa shape index (κ3) is 40.2. The van der Waals surface area contributed by atoms with Crippen LogP contribution in [-0.2, 0) is 1.41 Å². The molecule has 0 aliphatic rings. The summed E-state index contributed by atoms with van der Waals surface area (Å²) < 4.78 is 18.4. The van der Waals surface area contributed by atoms with E-state index < -0.39 is 39.2 Å². The number of nitrogens with zero attached hydrogens (tertiary/aromatic N) is 1. The Kier molecular flexibility index (Phi) is 48.2. The van der Waals surface area contributed by atoms with Gasteiger partial charge in [-0.3, -0.25) is 0 Å². The first-order chi connectivity index (χ1) is 26.7. The number of hydrogen-bond acceptors (Lipinski definition) is 3. The number of rotatable bonds is 47. The molecular weight excluding hydrogens is 888 g/mol. The first-order valence-electron chi connectivity index (χ1n) is 25.3. The van der Waals surface area contributed by atoms with Crippen molar-refractivity contribution < 1.29 is 1.41 Å². The Morgan fingerprint density at radius 2 is 0.574 bits per heavy atom. The first kappa shape index (κ1) is 55.4. The van der Waals surface area contributed by atoms with Crippen LogP contribution < -0.4 is 0 Å². The van der Waals surface area contributed by atoms with E-state index in [4.69, 9.17) is 16.8 Å². The molecule has 0 amide bonds. The van der Waals surface area contributed by atoms with Crippen LogP contribution in [0.15, 0.2) is 3.21 Å². The fourth-order valence-corrected chi connectivity index (χ4v) is 42.1. The molecule has 0 fully saturated rings. The zero-order chi connectivity index (χ0) is 39.3. The molecule has 0 aromatic heterocycles. The molecule has 0 atom stereocenters. The molecule has 321 valence electrons. The van der Waals surface area contributed by atoms with Crippen LogP contribution in [0.2, 0.25) is 17.7 Å². The number of thiocarbonyl (C=S) groups is 1. The van der Waals surface area contributed by atoms with Crippen LogP contribution in [-0.4, -0.2) is 44.4 Å². The molecule has 0 aliphatic carbocycles. The van der Waals surface area contributed by atoms with Crippen molar-refractivity contribution in [2.45, 2.75) is 302 Å². The van der Waals surface area contributed by atoms with Gasteiger partial charge < -0.3 is 0 Å². The monoisotopic (exact) mass is 991 g/mol. The van der Waals surface area contributed by atoms with Crippen molar-refractivity contribution in [3.8, 4) is 0 Å². The molecule has 0 saturated heterocycles. The van der Waals surface area contributed by atoms with Gasteiger partial charge in [-0.05, 0) is 0 Å². The molecule has 5 heteroatoms. The van der Waals surface area contributed by atoms with E-state index >= 15 is 0 Å². The van der Waals surface area contributed by atoms with Crippen molar-refractivity contribution in [2.24, 2.45) is 3.21 Å². The normalized spacial score (nSPS) is 11.9. The standard InChI is InChI=1S/4C12H25.CNS.O.2Sn/c4*1-3-5-7-9-11-12-10-8-6-4-2;2-1-3;;;/h4*1,3-12H2,2H3;;;;/q;;;;-1;;;+1. The van der Waals surface area contributed by atoms with E-state index in [0.29, 0.717) is 0 Å². The van der Waals surface area contributed by atoms with Gasteiger partial charge in [0.15, 0.2) is 0 Å². The van der Waals surface area contributed by atoms with Crippen LogP contribution in [0, 0.1) is 0 Å². The molecule has 0 bridgehead atoms. The van der Waals surface area contributed by atoms with E-state index in [1.165, 1.54) is 275 Å². The van der Waals surface area contributed by atoms with Gasteiger partial charge in [-0.2, -0.15) is 0 Å². The van der Waals surface area contributed by atoms with Gasteiger partial charge in [-0.15, -0.1) is 0 Å². The van der Waals surface area contributed by atoms with Gasteiger partial charge >= 0.3 is 364 Å². The van der Waals surface area contributed by atoms with Crippen molar-refractivity contribution in [1.29, 1.82) is 0 Å². The average molecular weight is 989 g/mol. The van der Waals surface area contributed by atoms with Crippen molar-refractivity contribution in [1.82, 2.24) is 0 Å². The van der Waals surface area contributed by atoms with Crippen LogP contribution in [0.5, 0.6) is 0 Å². The molecule has 0 spiro atoms. The molecule has 0 heterocycles. The summed E-state index contributed by atoms with van der Waals surface area (Å²) in [5.74, 6) is 0. The second-order valence-electron chi connectivity index (χ2n) is 17.5. The summed E-state index contributed by atoms with van der Waals surface area (Å²) in [4.78, 5) is 0. The Bertz CT molecular complexity index is 712. The minimum atomic E-state index is -3.19. The van der Waals surface area contributed by atoms with Crippen molar-refractivity contribution in [3.63, 3.8) is 0 Å². The Morgan fingerprint density at radius 1 is 0.352 bits per heavy atom. The molecule has 0 aliphatic heterocycles. The quantitative estimate of drug-likeness (QED) is 0.0262. The molecule has 0 N–H and O–H groups in total. The maximum atomic E-state index is 7.72. The van der Waals surface area contributed by atoms with Crippen molar-refractivity contribution >= 4 is 56.6 Å². The van der Waals surface area contributed by atoms with Crippen molar-refractivity contribution in [3.05, 3.63) is 0 Å². The minimum absolute atomic E-state index is 1.28. The van der Waals surface area contributed by atoms with E-state index in [1.54, 1.807) is 0 Å². The third-order valence-corrected chi connectivity index (χ3v) is 40.5. The fourth-order valence-electron chi connectivity index (χ4n) is 8.34. The van der Waals surface area contributed by atoms with E-state index in [0.717, 1.165) is 0 Å². The van der Waals surface area contributed by atoms with Crippen molar-refractivity contribution in [2.75, 3.05) is 0 Å². The predicted octanol–water partition coefficient (Wildman–Crippen LogP) is 19.2. The summed E-state index contributed by atoms with van der Waals surface area (Å²) in [6, 6.07) is 0. The van der Waals surface area contributed by atoms with E-state index in [2.05, 4.69) is 32.9 Å². The second-order valence-corrected chi connectivity index (χ2v) is 37.0. The second kappa shape index (κ2) is 47.0. The SMILES string of the molecule is CCCCCCCCCCC[CH2][Sn]([CH2]CCCCCCCCCCC)[O][Sn]([CH2]CCCCCCCCCCC)([CH2]CCCCCCCCCCC)[N]=C=S. The zero-order valence-electron chi connectivity index (χ0n) is 37.9. The Morgan fingerprint density at radius 3 is 0.815 bits per heavy atom. The molecule has 0 aromatic carbocycles. The molecule has 0 saturated carbocycles. The zero-order valence-corrected chi connectivity index (χ0v) is 44.4. The maximum absolute atomic E-state index is 7.72. The average Bonchev–Trinajstić information content (AvgIpc) is 3.17. The number of unbranched alkanes of at least 4 members (excludes halogenated alkanes) is 36.